The molecule has 0 spiro atoms. The number of phosphoric acid groups is 2. The second-order valence-electron chi connectivity index (χ2n) is 31.9. The van der Waals surface area contributed by atoms with Crippen molar-refractivity contribution in [3.8, 4) is 0 Å². The Labute approximate surface area is 658 Å². The first-order valence-corrected chi connectivity index (χ1v) is 48.7. The first-order chi connectivity index (χ1) is 52.1. The fourth-order valence-electron chi connectivity index (χ4n) is 13.8. The van der Waals surface area contributed by atoms with Gasteiger partial charge >= 0.3 is 39.5 Å². The van der Waals surface area contributed by atoms with Crippen LogP contribution in [0.15, 0.2) is 0 Å². The lowest BCUT2D eigenvalue weighted by Crippen LogP contribution is -2.30. The van der Waals surface area contributed by atoms with Crippen molar-refractivity contribution >= 4 is 39.5 Å². The molecule has 0 rings (SSSR count). The number of esters is 4. The molecule has 0 aliphatic carbocycles. The highest BCUT2D eigenvalue weighted by Gasteiger charge is 2.30. The summed E-state index contributed by atoms with van der Waals surface area (Å²) in [5.74, 6) is -1.37. The molecular formula is C88H172O17P2. The smallest absolute Gasteiger partial charge is 0.462 e. The first kappa shape index (κ1) is 105. The Hall–Kier alpha value is -1.94. The van der Waals surface area contributed by atoms with E-state index in [1.165, 1.54) is 295 Å². The Balaban J connectivity index is 5.21. The van der Waals surface area contributed by atoms with Gasteiger partial charge in [-0.05, 0) is 31.6 Å². The van der Waals surface area contributed by atoms with E-state index >= 15 is 0 Å². The zero-order valence-electron chi connectivity index (χ0n) is 70.3. The van der Waals surface area contributed by atoms with Crippen LogP contribution in [0.2, 0.25) is 0 Å². The zero-order chi connectivity index (χ0) is 78.3. The van der Waals surface area contributed by atoms with Gasteiger partial charge in [0.05, 0.1) is 26.4 Å². The molecule has 0 saturated heterocycles. The van der Waals surface area contributed by atoms with Gasteiger partial charge in [0, 0.05) is 25.7 Å². The Morgan fingerprint density at radius 3 is 0.664 bits per heavy atom. The Morgan fingerprint density at radius 1 is 0.262 bits per heavy atom. The lowest BCUT2D eigenvalue weighted by molar-refractivity contribution is -0.161. The molecular weight excluding hydrogens is 1390 g/mol. The fourth-order valence-corrected chi connectivity index (χ4v) is 15.4. The summed E-state index contributed by atoms with van der Waals surface area (Å²) in [6.45, 7) is 7.33. The average Bonchev–Trinajstić information content (AvgIpc) is 0.904. The maximum Gasteiger partial charge on any atom is 0.472 e. The lowest BCUT2D eigenvalue weighted by atomic mass is 10.00. The molecule has 0 amide bonds. The topological polar surface area (TPSA) is 237 Å². The van der Waals surface area contributed by atoms with E-state index < -0.39 is 97.5 Å². The van der Waals surface area contributed by atoms with Gasteiger partial charge in [-0.25, -0.2) is 9.13 Å². The molecule has 107 heavy (non-hydrogen) atoms. The average molecular weight is 1560 g/mol. The monoisotopic (exact) mass is 1560 g/mol. The van der Waals surface area contributed by atoms with Crippen LogP contribution in [0.4, 0.5) is 0 Å². The number of rotatable bonds is 88. The molecule has 0 radical (unpaired) electrons. The van der Waals surface area contributed by atoms with Crippen LogP contribution in [0.3, 0.4) is 0 Å². The normalized spacial score (nSPS) is 14.0. The van der Waals surface area contributed by atoms with Gasteiger partial charge in [0.25, 0.3) is 0 Å². The molecule has 0 aromatic rings. The summed E-state index contributed by atoms with van der Waals surface area (Å²) in [5.41, 5.74) is 0. The molecule has 0 aliphatic rings. The van der Waals surface area contributed by atoms with E-state index in [0.29, 0.717) is 25.7 Å². The first-order valence-electron chi connectivity index (χ1n) is 45.7. The van der Waals surface area contributed by atoms with Crippen LogP contribution in [0.5, 0.6) is 0 Å². The maximum absolute atomic E-state index is 13.2. The van der Waals surface area contributed by atoms with Gasteiger partial charge in [-0.3, -0.25) is 37.3 Å². The minimum atomic E-state index is -4.97. The van der Waals surface area contributed by atoms with E-state index in [4.69, 9.17) is 37.0 Å². The summed E-state index contributed by atoms with van der Waals surface area (Å²) in [5, 5.41) is 10.7. The van der Waals surface area contributed by atoms with Crippen LogP contribution in [0, 0.1) is 5.92 Å². The summed E-state index contributed by atoms with van der Waals surface area (Å²) < 4.78 is 68.9. The number of aliphatic hydroxyl groups is 1. The molecule has 0 saturated carbocycles. The largest absolute Gasteiger partial charge is 0.472 e. The van der Waals surface area contributed by atoms with Crippen molar-refractivity contribution in [1.29, 1.82) is 0 Å². The molecule has 0 heterocycles. The predicted molar refractivity (Wildman–Crippen MR) is 442 cm³/mol. The van der Waals surface area contributed by atoms with Gasteiger partial charge in [0.1, 0.15) is 19.3 Å². The van der Waals surface area contributed by atoms with Crippen molar-refractivity contribution in [2.24, 2.45) is 5.92 Å². The molecule has 0 aromatic heterocycles. The molecule has 3 unspecified atom stereocenters. The number of unbranched alkanes of at least 4 members (excludes halogenated alkanes) is 59. The van der Waals surface area contributed by atoms with E-state index in [2.05, 4.69) is 34.6 Å². The number of ether oxygens (including phenoxy) is 4. The Kier molecular flexibility index (Phi) is 79.2. The molecule has 0 aromatic carbocycles. The third-order valence-corrected chi connectivity index (χ3v) is 23.0. The molecule has 6 atom stereocenters. The van der Waals surface area contributed by atoms with Crippen molar-refractivity contribution in [2.45, 2.75) is 496 Å². The van der Waals surface area contributed by atoms with E-state index in [1.807, 2.05) is 0 Å². The minimum Gasteiger partial charge on any atom is -0.462 e. The number of carbonyl (C=O) groups is 4. The van der Waals surface area contributed by atoms with Gasteiger partial charge in [-0.15, -0.1) is 0 Å². The van der Waals surface area contributed by atoms with Crippen molar-refractivity contribution in [3.63, 3.8) is 0 Å². The quantitative estimate of drug-likeness (QED) is 0.0222. The number of carbonyl (C=O) groups excluding carboxylic acids is 4. The van der Waals surface area contributed by atoms with E-state index in [9.17, 15) is 43.2 Å². The molecule has 0 fully saturated rings. The van der Waals surface area contributed by atoms with Crippen LogP contribution in [0.1, 0.15) is 478 Å². The third kappa shape index (κ3) is 80.5. The molecule has 0 aliphatic heterocycles. The Bertz CT molecular complexity index is 2030. The SMILES string of the molecule is CCCCCCCCCCCCCCCCCCCCCCCC(=O)OC[C@H](COP(=O)(O)OC[C@@H](O)COP(=O)(O)OC[C@@H](COC(=O)CCCCCCCCC(C)CC)OC(=O)CCCCCCCCCCCCCCCCC)OC(=O)CCCCCCCCCCCCCCCCCCCCCCC. The molecule has 636 valence electrons. The zero-order valence-corrected chi connectivity index (χ0v) is 72.1. The van der Waals surface area contributed by atoms with E-state index in [1.54, 1.807) is 0 Å². The second kappa shape index (κ2) is 80.7. The molecule has 0 bridgehead atoms. The summed E-state index contributed by atoms with van der Waals surface area (Å²) in [7, 11) is -9.93. The second-order valence-corrected chi connectivity index (χ2v) is 34.8. The van der Waals surface area contributed by atoms with Gasteiger partial charge in [0.2, 0.25) is 0 Å². The highest BCUT2D eigenvalue weighted by Crippen LogP contribution is 2.45. The summed E-state index contributed by atoms with van der Waals surface area (Å²) in [6, 6.07) is 0. The molecule has 17 nitrogen and oxygen atoms in total. The molecule has 19 heteroatoms. The van der Waals surface area contributed by atoms with E-state index in [0.717, 1.165) is 102 Å². The van der Waals surface area contributed by atoms with Gasteiger partial charge in [0.15, 0.2) is 12.2 Å². The fraction of sp³-hybridized carbons (Fsp3) is 0.955. The van der Waals surface area contributed by atoms with Crippen LogP contribution >= 0.6 is 15.6 Å². The standard InChI is InChI=1S/C88H172O17P2/c1-6-10-13-16-19-22-25-28-31-33-35-37-39-41-44-46-49-52-55-61-66-71-85(90)98-77-83(104-87(92)73-69-64-57-54-51-48-45-42-40-38-36-34-32-29-26-23-20-17-14-11-7-2)79-102-106(94,95)100-75-82(89)76-101-107(96,97)103-80-84(78-99-86(91)72-67-62-59-58-60-65-70-81(5)9-4)105-88(93)74-68-63-56-53-50-47-43-30-27-24-21-18-15-12-8-3/h81-84,89H,6-80H2,1-5H3,(H,94,95)(H,96,97)/t81?,82-,83-,84-/m1/s1. The molecule has 3 N–H and O–H groups in total. The highest BCUT2D eigenvalue weighted by atomic mass is 31.2. The third-order valence-electron chi connectivity index (χ3n) is 21.1. The summed E-state index contributed by atoms with van der Waals surface area (Å²) >= 11 is 0. The van der Waals surface area contributed by atoms with Crippen molar-refractivity contribution < 1.29 is 80.2 Å². The highest BCUT2D eigenvalue weighted by molar-refractivity contribution is 7.47. The maximum atomic E-state index is 13.2. The van der Waals surface area contributed by atoms with Crippen molar-refractivity contribution in [1.82, 2.24) is 0 Å². The number of hydrogen-bond donors (Lipinski definition) is 3. The van der Waals surface area contributed by atoms with E-state index in [-0.39, 0.29) is 25.7 Å². The van der Waals surface area contributed by atoms with Crippen LogP contribution < -0.4 is 0 Å². The van der Waals surface area contributed by atoms with Crippen LogP contribution in [-0.4, -0.2) is 96.7 Å². The Morgan fingerprint density at radius 2 is 0.449 bits per heavy atom. The van der Waals surface area contributed by atoms with Crippen molar-refractivity contribution in [3.05, 3.63) is 0 Å². The predicted octanol–water partition coefficient (Wildman–Crippen LogP) is 27.2. The van der Waals surface area contributed by atoms with Crippen molar-refractivity contribution in [2.75, 3.05) is 39.6 Å². The number of hydrogen-bond acceptors (Lipinski definition) is 15. The van der Waals surface area contributed by atoms with Crippen LogP contribution in [0.25, 0.3) is 0 Å². The minimum absolute atomic E-state index is 0.108. The van der Waals surface area contributed by atoms with Crippen LogP contribution in [-0.2, 0) is 65.4 Å². The van der Waals surface area contributed by atoms with Gasteiger partial charge in [-0.2, -0.15) is 0 Å². The van der Waals surface area contributed by atoms with Gasteiger partial charge in [-0.1, -0.05) is 426 Å². The number of aliphatic hydroxyl groups excluding tert-OH is 1. The summed E-state index contributed by atoms with van der Waals surface area (Å²) in [6.07, 6.45) is 75.2. The number of phosphoric ester groups is 2. The lowest BCUT2D eigenvalue weighted by Gasteiger charge is -2.21. The summed E-state index contributed by atoms with van der Waals surface area (Å²) in [4.78, 5) is 73.3. The van der Waals surface area contributed by atoms with Gasteiger partial charge < -0.3 is 33.8 Å².